The van der Waals surface area contributed by atoms with Gasteiger partial charge in [0.15, 0.2) is 11.6 Å². The Balaban J connectivity index is 2.20. The number of esters is 1. The maximum absolute atomic E-state index is 13.6. The fourth-order valence-corrected chi connectivity index (χ4v) is 2.41. The van der Waals surface area contributed by atoms with Gasteiger partial charge in [-0.2, -0.15) is 0 Å². The van der Waals surface area contributed by atoms with Crippen LogP contribution in [0.4, 0.5) is 13.2 Å². The summed E-state index contributed by atoms with van der Waals surface area (Å²) in [6.45, 7) is -0.277. The van der Waals surface area contributed by atoms with Crippen LogP contribution in [0.5, 0.6) is 0 Å². The number of carbonyl (C=O) groups is 2. The zero-order chi connectivity index (χ0) is 15.6. The SMILES string of the molecule is COC(=O)C[C@@H]1CCC(=O)N1Cc1cc(F)cc(F)c1F. The molecule has 1 fully saturated rings. The Morgan fingerprint density at radius 3 is 2.76 bits per heavy atom. The van der Waals surface area contributed by atoms with E-state index in [9.17, 15) is 22.8 Å². The largest absolute Gasteiger partial charge is 0.469 e. The van der Waals surface area contributed by atoms with Gasteiger partial charge in [0.05, 0.1) is 13.5 Å². The van der Waals surface area contributed by atoms with Crippen molar-refractivity contribution in [3.63, 3.8) is 0 Å². The van der Waals surface area contributed by atoms with Crippen LogP contribution in [0.1, 0.15) is 24.8 Å². The van der Waals surface area contributed by atoms with Gasteiger partial charge in [0.25, 0.3) is 0 Å². The molecule has 1 aromatic rings. The van der Waals surface area contributed by atoms with Crippen LogP contribution in [0.25, 0.3) is 0 Å². The summed E-state index contributed by atoms with van der Waals surface area (Å²) in [6, 6.07) is 0.839. The molecule has 0 saturated carbocycles. The van der Waals surface area contributed by atoms with Crippen LogP contribution in [0.2, 0.25) is 0 Å². The Labute approximate surface area is 119 Å². The molecule has 4 nitrogen and oxygen atoms in total. The first-order valence-corrected chi connectivity index (χ1v) is 6.42. The number of methoxy groups -OCH3 is 1. The summed E-state index contributed by atoms with van der Waals surface area (Å²) in [6.07, 6.45) is 0.607. The summed E-state index contributed by atoms with van der Waals surface area (Å²) in [5.41, 5.74) is -0.252. The number of halogens is 3. The minimum absolute atomic E-state index is 0.0261. The molecule has 1 aliphatic heterocycles. The molecule has 7 heteroatoms. The highest BCUT2D eigenvalue weighted by Gasteiger charge is 2.33. The van der Waals surface area contributed by atoms with Gasteiger partial charge in [0.1, 0.15) is 5.82 Å². The Hall–Kier alpha value is -2.05. The van der Waals surface area contributed by atoms with Crippen LogP contribution >= 0.6 is 0 Å². The van der Waals surface area contributed by atoms with Crippen molar-refractivity contribution in [3.8, 4) is 0 Å². The van der Waals surface area contributed by atoms with Crippen molar-refractivity contribution in [2.24, 2.45) is 0 Å². The van der Waals surface area contributed by atoms with Crippen molar-refractivity contribution in [3.05, 3.63) is 35.1 Å². The normalized spacial score (nSPS) is 18.2. The van der Waals surface area contributed by atoms with Crippen molar-refractivity contribution in [1.82, 2.24) is 4.90 Å². The molecule has 1 saturated heterocycles. The van der Waals surface area contributed by atoms with E-state index in [2.05, 4.69) is 4.74 Å². The minimum Gasteiger partial charge on any atom is -0.469 e. The summed E-state index contributed by atoms with van der Waals surface area (Å²) in [5, 5.41) is 0. The van der Waals surface area contributed by atoms with Crippen LogP contribution in [0.15, 0.2) is 12.1 Å². The summed E-state index contributed by atoms with van der Waals surface area (Å²) in [5.74, 6) is -4.19. The number of amides is 1. The summed E-state index contributed by atoms with van der Waals surface area (Å²) >= 11 is 0. The molecule has 2 rings (SSSR count). The lowest BCUT2D eigenvalue weighted by molar-refractivity contribution is -0.142. The number of carbonyl (C=O) groups excluding carboxylic acids is 2. The second-order valence-corrected chi connectivity index (χ2v) is 4.86. The molecule has 0 radical (unpaired) electrons. The molecule has 114 valence electrons. The molecule has 0 aliphatic carbocycles. The maximum atomic E-state index is 13.6. The van der Waals surface area contributed by atoms with Crippen LogP contribution in [-0.4, -0.2) is 29.9 Å². The molecule has 1 atom stereocenters. The first-order valence-electron chi connectivity index (χ1n) is 6.42. The molecule has 0 spiro atoms. The fourth-order valence-electron chi connectivity index (χ4n) is 2.41. The Kier molecular flexibility index (Phi) is 4.50. The number of hydrogen-bond donors (Lipinski definition) is 0. The molecular formula is C14H14F3NO3. The van der Waals surface area contributed by atoms with Gasteiger partial charge in [0.2, 0.25) is 5.91 Å². The standard InChI is InChI=1S/C14H14F3NO3/c1-21-13(20)6-10-2-3-12(19)18(10)7-8-4-9(15)5-11(16)14(8)17/h4-5,10H,2-3,6-7H2,1H3/t10-/m0/s1. The van der Waals surface area contributed by atoms with Gasteiger partial charge in [-0.1, -0.05) is 0 Å². The predicted octanol–water partition coefficient (Wildman–Crippen LogP) is 2.16. The van der Waals surface area contributed by atoms with E-state index in [1.54, 1.807) is 0 Å². The second kappa shape index (κ2) is 6.15. The van der Waals surface area contributed by atoms with E-state index in [0.29, 0.717) is 12.5 Å². The highest BCUT2D eigenvalue weighted by molar-refractivity contribution is 5.80. The zero-order valence-electron chi connectivity index (χ0n) is 11.4. The Bertz CT molecular complexity index is 577. The van der Waals surface area contributed by atoms with Crippen LogP contribution in [0.3, 0.4) is 0 Å². The maximum Gasteiger partial charge on any atom is 0.307 e. The first kappa shape index (κ1) is 15.3. The molecule has 1 heterocycles. The lowest BCUT2D eigenvalue weighted by atomic mass is 10.1. The molecule has 21 heavy (non-hydrogen) atoms. The molecule has 1 amide bonds. The lowest BCUT2D eigenvalue weighted by Crippen LogP contribution is -2.34. The van der Waals surface area contributed by atoms with Gasteiger partial charge in [0, 0.05) is 30.6 Å². The molecule has 0 N–H and O–H groups in total. The molecule has 1 aliphatic rings. The molecular weight excluding hydrogens is 287 g/mol. The molecule has 0 aromatic heterocycles. The number of likely N-dealkylation sites (tertiary alicyclic amines) is 1. The third-order valence-electron chi connectivity index (χ3n) is 3.49. The minimum atomic E-state index is -1.30. The third-order valence-corrected chi connectivity index (χ3v) is 3.49. The van der Waals surface area contributed by atoms with E-state index in [1.165, 1.54) is 12.0 Å². The van der Waals surface area contributed by atoms with Gasteiger partial charge in [-0.25, -0.2) is 13.2 Å². The summed E-state index contributed by atoms with van der Waals surface area (Å²) in [4.78, 5) is 24.4. The van der Waals surface area contributed by atoms with Crippen LogP contribution in [0, 0.1) is 17.5 Å². The first-order chi connectivity index (χ1) is 9.92. The lowest BCUT2D eigenvalue weighted by Gasteiger charge is -2.24. The molecule has 0 bridgehead atoms. The smallest absolute Gasteiger partial charge is 0.307 e. The average molecular weight is 301 g/mol. The number of rotatable bonds is 4. The van der Waals surface area contributed by atoms with Crippen molar-refractivity contribution in [2.45, 2.75) is 31.8 Å². The topological polar surface area (TPSA) is 46.6 Å². The quantitative estimate of drug-likeness (QED) is 0.632. The highest BCUT2D eigenvalue weighted by atomic mass is 19.2. The van der Waals surface area contributed by atoms with Crippen molar-refractivity contribution in [2.75, 3.05) is 7.11 Å². The number of ether oxygens (including phenoxy) is 1. The Morgan fingerprint density at radius 1 is 1.38 bits per heavy atom. The van der Waals surface area contributed by atoms with Gasteiger partial charge >= 0.3 is 5.97 Å². The zero-order valence-corrected chi connectivity index (χ0v) is 11.4. The van der Waals surface area contributed by atoms with Crippen LogP contribution in [-0.2, 0) is 20.9 Å². The second-order valence-electron chi connectivity index (χ2n) is 4.86. The number of hydrogen-bond acceptors (Lipinski definition) is 3. The number of benzene rings is 1. The highest BCUT2D eigenvalue weighted by Crippen LogP contribution is 2.26. The van der Waals surface area contributed by atoms with Gasteiger partial charge in [-0.15, -0.1) is 0 Å². The summed E-state index contributed by atoms with van der Waals surface area (Å²) < 4.78 is 44.5. The van der Waals surface area contributed by atoms with E-state index in [-0.39, 0.29) is 30.9 Å². The van der Waals surface area contributed by atoms with E-state index in [1.807, 2.05) is 0 Å². The average Bonchev–Trinajstić information content (AvgIpc) is 2.76. The van der Waals surface area contributed by atoms with Crippen molar-refractivity contribution in [1.29, 1.82) is 0 Å². The van der Waals surface area contributed by atoms with Gasteiger partial charge in [-0.05, 0) is 12.5 Å². The Morgan fingerprint density at radius 2 is 2.10 bits per heavy atom. The van der Waals surface area contributed by atoms with Crippen LogP contribution < -0.4 is 0 Å². The van der Waals surface area contributed by atoms with E-state index < -0.39 is 29.5 Å². The number of nitrogens with zero attached hydrogens (tertiary/aromatic N) is 1. The summed E-state index contributed by atoms with van der Waals surface area (Å²) in [7, 11) is 1.23. The third kappa shape index (κ3) is 3.34. The van der Waals surface area contributed by atoms with E-state index in [0.717, 1.165) is 6.07 Å². The monoisotopic (exact) mass is 301 g/mol. The molecule has 1 aromatic carbocycles. The van der Waals surface area contributed by atoms with Crippen molar-refractivity contribution < 1.29 is 27.5 Å². The van der Waals surface area contributed by atoms with Gasteiger partial charge in [-0.3, -0.25) is 9.59 Å². The fraction of sp³-hybridized carbons (Fsp3) is 0.429. The predicted molar refractivity (Wildman–Crippen MR) is 66.5 cm³/mol. The van der Waals surface area contributed by atoms with Gasteiger partial charge < -0.3 is 9.64 Å². The van der Waals surface area contributed by atoms with Crippen molar-refractivity contribution >= 4 is 11.9 Å². The molecule has 0 unspecified atom stereocenters. The van der Waals surface area contributed by atoms with E-state index >= 15 is 0 Å². The van der Waals surface area contributed by atoms with E-state index in [4.69, 9.17) is 0 Å².